The second-order valence-corrected chi connectivity index (χ2v) is 8.89. The Morgan fingerprint density at radius 3 is 2.71 bits per heavy atom. The van der Waals surface area contributed by atoms with Crippen molar-refractivity contribution in [3.63, 3.8) is 0 Å². The Hall–Kier alpha value is -1.19. The van der Waals surface area contributed by atoms with Crippen LogP contribution in [-0.2, 0) is 21.6 Å². The van der Waals surface area contributed by atoms with Crippen molar-refractivity contribution < 1.29 is 19.4 Å². The van der Waals surface area contributed by atoms with E-state index in [9.17, 15) is 9.59 Å². The van der Waals surface area contributed by atoms with Crippen molar-refractivity contribution in [2.45, 2.75) is 56.2 Å². The highest BCUT2D eigenvalue weighted by atomic mass is 35.5. The van der Waals surface area contributed by atoms with E-state index in [1.807, 2.05) is 6.07 Å². The summed E-state index contributed by atoms with van der Waals surface area (Å²) in [4.78, 5) is 28.5. The van der Waals surface area contributed by atoms with E-state index in [1.54, 1.807) is 16.2 Å². The molecule has 3 aliphatic rings. The quantitative estimate of drug-likeness (QED) is 0.666. The number of piperidine rings is 1. The van der Waals surface area contributed by atoms with Gasteiger partial charge in [-0.15, -0.1) is 23.7 Å². The van der Waals surface area contributed by atoms with Gasteiger partial charge in [0.15, 0.2) is 0 Å². The van der Waals surface area contributed by atoms with Gasteiger partial charge in [-0.3, -0.25) is 9.59 Å². The summed E-state index contributed by atoms with van der Waals surface area (Å²) in [6.07, 6.45) is 5.54. The van der Waals surface area contributed by atoms with Crippen LogP contribution >= 0.6 is 23.7 Å². The van der Waals surface area contributed by atoms with Gasteiger partial charge in [0.05, 0.1) is 23.7 Å². The number of nitrogens with one attached hydrogen (secondary N) is 1. The average Bonchev–Trinajstić information content (AvgIpc) is 3.10. The number of amides is 2. The molecule has 2 aliphatic heterocycles. The molecule has 0 unspecified atom stereocenters. The zero-order chi connectivity index (χ0) is 19.0. The van der Waals surface area contributed by atoms with Gasteiger partial charge in [0, 0.05) is 30.4 Å². The molecule has 1 atom stereocenters. The smallest absolute Gasteiger partial charge is 0.261 e. The Morgan fingerprint density at radius 2 is 2.11 bits per heavy atom. The first-order valence-corrected chi connectivity index (χ1v) is 10.6. The lowest BCUT2D eigenvalue weighted by Gasteiger charge is -2.44. The lowest BCUT2D eigenvalue weighted by molar-refractivity contribution is -0.142. The number of carbonyl (C=O) groups is 2. The van der Waals surface area contributed by atoms with Crippen LogP contribution in [0.15, 0.2) is 6.07 Å². The number of halogens is 1. The highest BCUT2D eigenvalue weighted by Gasteiger charge is 2.43. The summed E-state index contributed by atoms with van der Waals surface area (Å²) in [5.74, 6) is -0.190. The summed E-state index contributed by atoms with van der Waals surface area (Å²) in [5, 5.41) is 12.2. The molecule has 1 saturated heterocycles. The Morgan fingerprint density at radius 1 is 1.39 bits per heavy atom. The van der Waals surface area contributed by atoms with E-state index in [2.05, 4.69) is 5.32 Å². The third kappa shape index (κ3) is 3.93. The normalized spacial score (nSPS) is 22.0. The summed E-state index contributed by atoms with van der Waals surface area (Å²) in [6.45, 7) is 1.39. The minimum atomic E-state index is -0.857. The number of thiophene rings is 1. The van der Waals surface area contributed by atoms with Crippen LogP contribution in [0.1, 0.15) is 52.2 Å². The molecule has 3 heterocycles. The second kappa shape index (κ2) is 8.67. The Kier molecular flexibility index (Phi) is 6.66. The standard InChI is InChI=1S/C19H27N3O4S.ClH/c20-14(11-23)18(25)22-7-5-19(6-8-22)13-10-16(27-15(13)4-9-26-19)17(24)21-12-2-1-3-12;/h10,12,14,23H,1-9,11,20H2,(H,21,24);1H/t14-;/m0./s1. The van der Waals surface area contributed by atoms with Gasteiger partial charge in [-0.05, 0) is 43.7 Å². The van der Waals surface area contributed by atoms with E-state index in [0.717, 1.165) is 29.7 Å². The van der Waals surface area contributed by atoms with Gasteiger partial charge in [0.25, 0.3) is 5.91 Å². The Bertz CT molecular complexity index is 729. The van der Waals surface area contributed by atoms with Crippen LogP contribution in [0.25, 0.3) is 0 Å². The molecule has 0 bridgehead atoms. The van der Waals surface area contributed by atoms with Gasteiger partial charge in [0.2, 0.25) is 5.91 Å². The van der Waals surface area contributed by atoms with Crippen molar-refractivity contribution >= 4 is 35.6 Å². The van der Waals surface area contributed by atoms with E-state index >= 15 is 0 Å². The molecule has 4 N–H and O–H groups in total. The molecule has 9 heteroatoms. The van der Waals surface area contributed by atoms with Gasteiger partial charge in [-0.2, -0.15) is 0 Å². The van der Waals surface area contributed by atoms with Crippen LogP contribution in [0.2, 0.25) is 0 Å². The van der Waals surface area contributed by atoms with Crippen molar-refractivity contribution in [3.05, 3.63) is 21.4 Å². The monoisotopic (exact) mass is 429 g/mol. The Balaban J connectivity index is 0.00000225. The van der Waals surface area contributed by atoms with Gasteiger partial charge >= 0.3 is 0 Å². The van der Waals surface area contributed by atoms with Gasteiger partial charge < -0.3 is 25.8 Å². The van der Waals surface area contributed by atoms with Crippen molar-refractivity contribution in [1.82, 2.24) is 10.2 Å². The zero-order valence-corrected chi connectivity index (χ0v) is 17.4. The fraction of sp³-hybridized carbons (Fsp3) is 0.684. The summed E-state index contributed by atoms with van der Waals surface area (Å²) in [7, 11) is 0. The molecule has 2 fully saturated rings. The van der Waals surface area contributed by atoms with Crippen LogP contribution in [0, 0.1) is 0 Å². The first-order chi connectivity index (χ1) is 13.0. The number of hydrogen-bond donors (Lipinski definition) is 3. The molecule has 1 saturated carbocycles. The number of nitrogens with zero attached hydrogens (tertiary/aromatic N) is 1. The van der Waals surface area contributed by atoms with Crippen LogP contribution < -0.4 is 11.1 Å². The average molecular weight is 430 g/mol. The molecule has 1 spiro atoms. The molecule has 156 valence electrons. The lowest BCUT2D eigenvalue weighted by atomic mass is 9.82. The first-order valence-electron chi connectivity index (χ1n) is 9.76. The molecule has 28 heavy (non-hydrogen) atoms. The highest BCUT2D eigenvalue weighted by Crippen LogP contribution is 2.44. The molecule has 0 aromatic carbocycles. The maximum atomic E-state index is 12.6. The number of aliphatic hydroxyl groups is 1. The number of nitrogens with two attached hydrogens (primary N) is 1. The predicted molar refractivity (Wildman–Crippen MR) is 109 cm³/mol. The van der Waals surface area contributed by atoms with E-state index < -0.39 is 11.6 Å². The number of rotatable bonds is 4. The molecule has 7 nitrogen and oxygen atoms in total. The minimum absolute atomic E-state index is 0. The van der Waals surface area contributed by atoms with Crippen LogP contribution in [0.5, 0.6) is 0 Å². The van der Waals surface area contributed by atoms with Gasteiger partial charge in [-0.1, -0.05) is 0 Å². The largest absolute Gasteiger partial charge is 0.394 e. The number of aliphatic hydroxyl groups excluding tert-OH is 1. The third-order valence-corrected chi connectivity index (χ3v) is 7.26. The summed E-state index contributed by atoms with van der Waals surface area (Å²) in [5.41, 5.74) is 6.37. The minimum Gasteiger partial charge on any atom is -0.394 e. The molecular formula is C19H28ClN3O4S. The van der Waals surface area contributed by atoms with E-state index in [0.29, 0.717) is 38.6 Å². The number of carbonyl (C=O) groups excluding carboxylic acids is 2. The summed E-state index contributed by atoms with van der Waals surface area (Å²) < 4.78 is 6.21. The highest BCUT2D eigenvalue weighted by molar-refractivity contribution is 7.14. The lowest BCUT2D eigenvalue weighted by Crippen LogP contribution is -2.52. The van der Waals surface area contributed by atoms with Crippen molar-refractivity contribution in [3.8, 4) is 0 Å². The van der Waals surface area contributed by atoms with Crippen molar-refractivity contribution in [1.29, 1.82) is 0 Å². The van der Waals surface area contributed by atoms with Crippen LogP contribution in [0.3, 0.4) is 0 Å². The number of likely N-dealkylation sites (tertiary alicyclic amines) is 1. The maximum absolute atomic E-state index is 12.6. The van der Waals surface area contributed by atoms with E-state index in [-0.39, 0.29) is 30.8 Å². The SMILES string of the molecule is Cl.N[C@@H](CO)C(=O)N1CCC2(CC1)OCCc1sc(C(=O)NC3CCC3)cc12. The molecule has 4 rings (SSSR count). The molecule has 1 aromatic rings. The number of ether oxygens (including phenoxy) is 1. The Labute approximate surface area is 175 Å². The maximum Gasteiger partial charge on any atom is 0.261 e. The second-order valence-electron chi connectivity index (χ2n) is 7.76. The van der Waals surface area contributed by atoms with Crippen LogP contribution in [0.4, 0.5) is 0 Å². The fourth-order valence-corrected chi connectivity index (χ4v) is 5.29. The summed E-state index contributed by atoms with van der Waals surface area (Å²) >= 11 is 1.58. The summed E-state index contributed by atoms with van der Waals surface area (Å²) in [6, 6.07) is 1.47. The topological polar surface area (TPSA) is 105 Å². The molecule has 2 amide bonds. The first kappa shape index (κ1) is 21.5. The van der Waals surface area contributed by atoms with E-state index in [1.165, 1.54) is 11.3 Å². The van der Waals surface area contributed by atoms with Gasteiger partial charge in [0.1, 0.15) is 6.04 Å². The third-order valence-electron chi connectivity index (χ3n) is 6.07. The predicted octanol–water partition coefficient (Wildman–Crippen LogP) is 1.16. The molecular weight excluding hydrogens is 402 g/mol. The van der Waals surface area contributed by atoms with E-state index in [4.69, 9.17) is 15.6 Å². The zero-order valence-electron chi connectivity index (χ0n) is 15.8. The molecule has 0 radical (unpaired) electrons. The molecule has 1 aliphatic carbocycles. The van der Waals surface area contributed by atoms with Gasteiger partial charge in [-0.25, -0.2) is 0 Å². The number of hydrogen-bond acceptors (Lipinski definition) is 6. The van der Waals surface area contributed by atoms with Crippen LogP contribution in [-0.4, -0.2) is 60.2 Å². The van der Waals surface area contributed by atoms with Crippen molar-refractivity contribution in [2.75, 3.05) is 26.3 Å². The van der Waals surface area contributed by atoms with Crippen molar-refractivity contribution in [2.24, 2.45) is 5.73 Å². The molecule has 1 aromatic heterocycles. The number of fused-ring (bicyclic) bond motifs is 2. The fourth-order valence-electron chi connectivity index (χ4n) is 4.15.